The Labute approximate surface area is 150 Å². The first kappa shape index (κ1) is 18.1. The van der Waals surface area contributed by atoms with Gasteiger partial charge in [0.2, 0.25) is 0 Å². The van der Waals surface area contributed by atoms with Gasteiger partial charge in [0.1, 0.15) is 23.7 Å². The summed E-state index contributed by atoms with van der Waals surface area (Å²) in [5.41, 5.74) is 0.759. The topological polar surface area (TPSA) is 48.0 Å². The van der Waals surface area contributed by atoms with E-state index < -0.39 is 6.10 Å². The van der Waals surface area contributed by atoms with Crippen LogP contribution < -0.4 is 14.4 Å². The summed E-state index contributed by atoms with van der Waals surface area (Å²) in [6, 6.07) is 5.57. The molecule has 0 N–H and O–H groups in total. The minimum Gasteiger partial charge on any atom is -0.497 e. The van der Waals surface area contributed by atoms with Gasteiger partial charge in [-0.2, -0.15) is 0 Å². The Morgan fingerprint density at radius 1 is 1.32 bits per heavy atom. The van der Waals surface area contributed by atoms with Crippen LogP contribution in [0.2, 0.25) is 0 Å². The lowest BCUT2D eigenvalue weighted by Gasteiger charge is -2.36. The predicted molar refractivity (Wildman–Crippen MR) is 97.4 cm³/mol. The molecule has 1 aromatic rings. The quantitative estimate of drug-likeness (QED) is 0.831. The van der Waals surface area contributed by atoms with Gasteiger partial charge >= 0.3 is 0 Å². The van der Waals surface area contributed by atoms with Gasteiger partial charge in [-0.3, -0.25) is 4.79 Å². The zero-order valence-electron chi connectivity index (χ0n) is 15.7. The van der Waals surface area contributed by atoms with Crippen LogP contribution in [0.15, 0.2) is 18.2 Å². The van der Waals surface area contributed by atoms with Crippen LogP contribution in [0.3, 0.4) is 0 Å². The highest BCUT2D eigenvalue weighted by Gasteiger charge is 2.33. The lowest BCUT2D eigenvalue weighted by Crippen LogP contribution is -2.47. The van der Waals surface area contributed by atoms with Gasteiger partial charge in [0.15, 0.2) is 0 Å². The van der Waals surface area contributed by atoms with Crippen LogP contribution in [0.5, 0.6) is 11.5 Å². The molecule has 1 aliphatic heterocycles. The van der Waals surface area contributed by atoms with Crippen LogP contribution in [0, 0.1) is 5.92 Å². The van der Waals surface area contributed by atoms with Gasteiger partial charge in [0, 0.05) is 6.07 Å². The summed E-state index contributed by atoms with van der Waals surface area (Å²) in [5, 5.41) is 0. The predicted octanol–water partition coefficient (Wildman–Crippen LogP) is 3.79. The molecule has 0 aromatic heterocycles. The Hall–Kier alpha value is -1.75. The molecule has 1 amide bonds. The second-order valence-corrected chi connectivity index (χ2v) is 7.38. The number of anilines is 1. The Bertz CT molecular complexity index is 618. The Balaban J connectivity index is 1.75. The molecular formula is C20H29NO4. The molecule has 1 fully saturated rings. The van der Waals surface area contributed by atoms with Crippen LogP contribution >= 0.6 is 0 Å². The summed E-state index contributed by atoms with van der Waals surface area (Å²) < 4.78 is 17.3. The molecule has 2 aliphatic rings. The number of rotatable bonds is 4. The van der Waals surface area contributed by atoms with Gasteiger partial charge < -0.3 is 19.1 Å². The summed E-state index contributed by atoms with van der Waals surface area (Å²) in [7, 11) is 1.62. The number of hydrogen-bond donors (Lipinski definition) is 0. The van der Waals surface area contributed by atoms with E-state index in [0.29, 0.717) is 24.0 Å². The number of carbonyl (C=O) groups excluding carboxylic acids is 1. The van der Waals surface area contributed by atoms with E-state index in [-0.39, 0.29) is 18.1 Å². The molecule has 5 heteroatoms. The van der Waals surface area contributed by atoms with E-state index in [9.17, 15) is 4.79 Å². The van der Waals surface area contributed by atoms with E-state index in [0.717, 1.165) is 18.5 Å². The van der Waals surface area contributed by atoms with Gasteiger partial charge in [0.05, 0.1) is 25.4 Å². The van der Waals surface area contributed by atoms with Gasteiger partial charge in [-0.15, -0.1) is 0 Å². The molecule has 0 saturated heterocycles. The molecule has 4 unspecified atom stereocenters. The smallest absolute Gasteiger partial charge is 0.256 e. The van der Waals surface area contributed by atoms with Crippen LogP contribution in [0.1, 0.15) is 46.5 Å². The minimum atomic E-state index is -0.459. The van der Waals surface area contributed by atoms with Crippen LogP contribution in [0.4, 0.5) is 5.69 Å². The van der Waals surface area contributed by atoms with Crippen molar-refractivity contribution in [3.63, 3.8) is 0 Å². The first-order chi connectivity index (χ1) is 12.0. The maximum Gasteiger partial charge on any atom is 0.256 e. The van der Waals surface area contributed by atoms with Gasteiger partial charge in [0.25, 0.3) is 5.91 Å². The molecule has 1 aliphatic carbocycles. The number of hydrogen-bond acceptors (Lipinski definition) is 4. The third-order valence-electron chi connectivity index (χ3n) is 5.12. The van der Waals surface area contributed by atoms with Crippen molar-refractivity contribution in [1.29, 1.82) is 0 Å². The molecule has 1 saturated carbocycles. The summed E-state index contributed by atoms with van der Waals surface area (Å²) >= 11 is 0. The number of carbonyl (C=O) groups is 1. The summed E-state index contributed by atoms with van der Waals surface area (Å²) in [4.78, 5) is 14.8. The molecule has 3 rings (SSSR count). The van der Waals surface area contributed by atoms with Crippen molar-refractivity contribution >= 4 is 11.6 Å². The molecule has 0 bridgehead atoms. The number of amides is 1. The van der Waals surface area contributed by atoms with Crippen molar-refractivity contribution in [2.75, 3.05) is 18.6 Å². The first-order valence-electron chi connectivity index (χ1n) is 9.29. The van der Waals surface area contributed by atoms with Gasteiger partial charge in [-0.25, -0.2) is 0 Å². The van der Waals surface area contributed by atoms with E-state index in [1.165, 1.54) is 12.8 Å². The molecular weight excluding hydrogens is 318 g/mol. The van der Waals surface area contributed by atoms with Crippen LogP contribution in [-0.4, -0.2) is 37.9 Å². The zero-order chi connectivity index (χ0) is 18.0. The standard InChI is InChI=1S/C20H29NO4/c1-13-6-5-7-17(10-13)25-15(3)20(22)21-12-14(2)24-19-9-8-16(23-4)11-18(19)21/h8-9,11,13-15,17H,5-7,10,12H2,1-4H3. The Morgan fingerprint density at radius 3 is 2.84 bits per heavy atom. The molecule has 25 heavy (non-hydrogen) atoms. The Kier molecular flexibility index (Phi) is 5.52. The third kappa shape index (κ3) is 4.09. The van der Waals surface area contributed by atoms with Gasteiger partial charge in [-0.05, 0) is 44.7 Å². The second kappa shape index (κ2) is 7.65. The molecule has 0 spiro atoms. The largest absolute Gasteiger partial charge is 0.497 e. The van der Waals surface area contributed by atoms with Crippen LogP contribution in [-0.2, 0) is 9.53 Å². The SMILES string of the molecule is COc1ccc2c(c1)N(C(=O)C(C)OC1CCCC(C)C1)CC(C)O2. The molecule has 1 aromatic carbocycles. The van der Waals surface area contributed by atoms with E-state index in [1.54, 1.807) is 12.0 Å². The van der Waals surface area contributed by atoms with E-state index >= 15 is 0 Å². The molecule has 1 heterocycles. The highest BCUT2D eigenvalue weighted by atomic mass is 16.5. The van der Waals surface area contributed by atoms with Gasteiger partial charge in [-0.1, -0.05) is 19.8 Å². The van der Waals surface area contributed by atoms with Crippen molar-refractivity contribution < 1.29 is 19.0 Å². The van der Waals surface area contributed by atoms with Crippen molar-refractivity contribution in [2.45, 2.75) is 64.8 Å². The summed E-state index contributed by atoms with van der Waals surface area (Å²) in [6.45, 7) is 6.62. The Morgan fingerprint density at radius 2 is 2.12 bits per heavy atom. The number of methoxy groups -OCH3 is 1. The number of benzene rings is 1. The molecule has 5 nitrogen and oxygen atoms in total. The normalized spacial score (nSPS) is 27.2. The lowest BCUT2D eigenvalue weighted by atomic mass is 9.88. The number of nitrogens with zero attached hydrogens (tertiary/aromatic N) is 1. The first-order valence-corrected chi connectivity index (χ1v) is 9.29. The summed E-state index contributed by atoms with van der Waals surface area (Å²) in [6.07, 6.45) is 4.21. The molecule has 0 radical (unpaired) electrons. The maximum atomic E-state index is 13.1. The average Bonchev–Trinajstić information content (AvgIpc) is 2.60. The van der Waals surface area contributed by atoms with Crippen LogP contribution in [0.25, 0.3) is 0 Å². The average molecular weight is 347 g/mol. The van der Waals surface area contributed by atoms with Crippen molar-refractivity contribution in [3.8, 4) is 11.5 Å². The highest BCUT2D eigenvalue weighted by Crippen LogP contribution is 2.37. The van der Waals surface area contributed by atoms with Crippen molar-refractivity contribution in [1.82, 2.24) is 0 Å². The second-order valence-electron chi connectivity index (χ2n) is 7.38. The zero-order valence-corrected chi connectivity index (χ0v) is 15.7. The van der Waals surface area contributed by atoms with E-state index in [2.05, 4.69) is 6.92 Å². The van der Waals surface area contributed by atoms with Crippen molar-refractivity contribution in [3.05, 3.63) is 18.2 Å². The monoisotopic (exact) mass is 347 g/mol. The number of ether oxygens (including phenoxy) is 3. The summed E-state index contributed by atoms with van der Waals surface area (Å²) in [5.74, 6) is 2.09. The fraction of sp³-hybridized carbons (Fsp3) is 0.650. The van der Waals surface area contributed by atoms with E-state index in [1.807, 2.05) is 32.0 Å². The fourth-order valence-corrected chi connectivity index (χ4v) is 3.82. The lowest BCUT2D eigenvalue weighted by molar-refractivity contribution is -0.134. The molecule has 4 atom stereocenters. The number of fused-ring (bicyclic) bond motifs is 1. The highest BCUT2D eigenvalue weighted by molar-refractivity contribution is 5.98. The molecule has 138 valence electrons. The minimum absolute atomic E-state index is 0.0112. The van der Waals surface area contributed by atoms with Crippen molar-refractivity contribution in [2.24, 2.45) is 5.92 Å². The fourth-order valence-electron chi connectivity index (χ4n) is 3.82. The maximum absolute atomic E-state index is 13.1. The third-order valence-corrected chi connectivity index (χ3v) is 5.12. The van der Waals surface area contributed by atoms with E-state index in [4.69, 9.17) is 14.2 Å².